The van der Waals surface area contributed by atoms with Crippen LogP contribution in [0.2, 0.25) is 0 Å². The van der Waals surface area contributed by atoms with Crippen molar-refractivity contribution in [3.8, 4) is 0 Å². The largest absolute Gasteiger partial charge is 0.444 e. The third-order valence-corrected chi connectivity index (χ3v) is 3.46. The first kappa shape index (κ1) is 17.4. The van der Waals surface area contributed by atoms with E-state index in [1.54, 1.807) is 4.90 Å². The molecule has 128 valence electrons. The molecular weight excluding hydrogens is 292 g/mol. The molecule has 6 nitrogen and oxygen atoms in total. The van der Waals surface area contributed by atoms with Gasteiger partial charge in [0.15, 0.2) is 0 Å². The fourth-order valence-corrected chi connectivity index (χ4v) is 2.44. The summed E-state index contributed by atoms with van der Waals surface area (Å²) in [6.07, 6.45) is 1.62. The Hall–Kier alpha value is -1.98. The first-order chi connectivity index (χ1) is 10.7. The molecule has 1 saturated heterocycles. The number of piperazine rings is 1. The monoisotopic (exact) mass is 320 g/mol. The average molecular weight is 320 g/mol. The number of pyridine rings is 1. The van der Waals surface area contributed by atoms with Crippen molar-refractivity contribution in [2.75, 3.05) is 36.4 Å². The van der Waals surface area contributed by atoms with Crippen LogP contribution in [0.3, 0.4) is 0 Å². The summed E-state index contributed by atoms with van der Waals surface area (Å²) in [7, 11) is 0. The Morgan fingerprint density at radius 2 is 1.87 bits per heavy atom. The van der Waals surface area contributed by atoms with Gasteiger partial charge in [0.25, 0.3) is 0 Å². The highest BCUT2D eigenvalue weighted by molar-refractivity contribution is 5.68. The third kappa shape index (κ3) is 5.30. The molecule has 1 aromatic heterocycles. The predicted molar refractivity (Wildman–Crippen MR) is 93.0 cm³/mol. The number of carbonyl (C=O) groups excluding carboxylic acids is 1. The van der Waals surface area contributed by atoms with E-state index < -0.39 is 5.60 Å². The number of nitrogens with zero attached hydrogens (tertiary/aromatic N) is 3. The van der Waals surface area contributed by atoms with Crippen molar-refractivity contribution in [2.24, 2.45) is 0 Å². The lowest BCUT2D eigenvalue weighted by atomic mass is 10.2. The molecule has 0 unspecified atom stereocenters. The van der Waals surface area contributed by atoms with Crippen LogP contribution in [0.4, 0.5) is 16.3 Å². The van der Waals surface area contributed by atoms with Crippen molar-refractivity contribution < 1.29 is 9.53 Å². The zero-order valence-electron chi connectivity index (χ0n) is 14.8. The molecule has 0 saturated carbocycles. The molecule has 2 heterocycles. The van der Waals surface area contributed by atoms with Gasteiger partial charge in [-0.25, -0.2) is 9.78 Å². The Labute approximate surface area is 138 Å². The topological polar surface area (TPSA) is 57.7 Å². The Kier molecular flexibility index (Phi) is 5.34. The molecule has 1 aliphatic heterocycles. The van der Waals surface area contributed by atoms with Crippen LogP contribution < -0.4 is 10.2 Å². The summed E-state index contributed by atoms with van der Waals surface area (Å²) >= 11 is 0. The van der Waals surface area contributed by atoms with Gasteiger partial charge in [-0.2, -0.15) is 0 Å². The van der Waals surface area contributed by atoms with Crippen LogP contribution in [0.5, 0.6) is 0 Å². The summed E-state index contributed by atoms with van der Waals surface area (Å²) in [5.41, 5.74) is 0.575. The number of ether oxygens (including phenoxy) is 1. The summed E-state index contributed by atoms with van der Waals surface area (Å²) in [6.45, 7) is 12.7. The SMILES string of the molecule is CC(C)Nc1ccc(N2CCN(C(=O)OC(C)(C)C)CC2)nc1. The van der Waals surface area contributed by atoms with Crippen LogP contribution in [0, 0.1) is 0 Å². The molecule has 0 aromatic carbocycles. The normalized spacial score (nSPS) is 15.7. The number of carbonyl (C=O) groups is 1. The molecule has 6 heteroatoms. The number of anilines is 2. The van der Waals surface area contributed by atoms with Gasteiger partial charge in [0.2, 0.25) is 0 Å². The highest BCUT2D eigenvalue weighted by Crippen LogP contribution is 2.18. The molecule has 0 spiro atoms. The first-order valence-corrected chi connectivity index (χ1v) is 8.20. The van der Waals surface area contributed by atoms with E-state index in [0.717, 1.165) is 24.6 Å². The van der Waals surface area contributed by atoms with Crippen molar-refractivity contribution in [3.63, 3.8) is 0 Å². The molecule has 1 fully saturated rings. The van der Waals surface area contributed by atoms with Gasteiger partial charge in [0.1, 0.15) is 11.4 Å². The van der Waals surface area contributed by atoms with E-state index in [9.17, 15) is 4.79 Å². The van der Waals surface area contributed by atoms with E-state index in [2.05, 4.69) is 29.0 Å². The summed E-state index contributed by atoms with van der Waals surface area (Å²) < 4.78 is 5.42. The van der Waals surface area contributed by atoms with Gasteiger partial charge < -0.3 is 19.9 Å². The van der Waals surface area contributed by atoms with Gasteiger partial charge in [-0.05, 0) is 46.8 Å². The van der Waals surface area contributed by atoms with Gasteiger partial charge in [0, 0.05) is 32.2 Å². The third-order valence-electron chi connectivity index (χ3n) is 3.46. The lowest BCUT2D eigenvalue weighted by molar-refractivity contribution is 0.0240. The second-order valence-electron chi connectivity index (χ2n) is 7.16. The fraction of sp³-hybridized carbons (Fsp3) is 0.647. The Balaban J connectivity index is 1.88. The molecule has 0 aliphatic carbocycles. The average Bonchev–Trinajstić information content (AvgIpc) is 2.46. The summed E-state index contributed by atoms with van der Waals surface area (Å²) in [5.74, 6) is 0.947. The minimum atomic E-state index is -0.449. The van der Waals surface area contributed by atoms with Crippen LogP contribution in [0.1, 0.15) is 34.6 Å². The maximum Gasteiger partial charge on any atom is 0.410 e. The van der Waals surface area contributed by atoms with E-state index in [0.29, 0.717) is 19.1 Å². The van der Waals surface area contributed by atoms with Crippen molar-refractivity contribution >= 4 is 17.6 Å². The van der Waals surface area contributed by atoms with Crippen LogP contribution in [-0.2, 0) is 4.74 Å². The van der Waals surface area contributed by atoms with Crippen molar-refractivity contribution in [1.82, 2.24) is 9.88 Å². The Morgan fingerprint density at radius 3 is 2.35 bits per heavy atom. The van der Waals surface area contributed by atoms with Crippen molar-refractivity contribution in [1.29, 1.82) is 0 Å². The van der Waals surface area contributed by atoms with Crippen molar-refractivity contribution in [2.45, 2.75) is 46.3 Å². The first-order valence-electron chi connectivity index (χ1n) is 8.20. The molecule has 0 radical (unpaired) electrons. The predicted octanol–water partition coefficient (Wildman–Crippen LogP) is 2.96. The summed E-state index contributed by atoms with van der Waals surface area (Å²) in [4.78, 5) is 20.5. The molecule has 2 rings (SSSR count). The van der Waals surface area contributed by atoms with Gasteiger partial charge in [-0.15, -0.1) is 0 Å². The summed E-state index contributed by atoms with van der Waals surface area (Å²) in [5, 5.41) is 3.33. The molecule has 0 atom stereocenters. The number of rotatable bonds is 3. The van der Waals surface area contributed by atoms with Gasteiger partial charge in [-0.3, -0.25) is 0 Å². The van der Waals surface area contributed by atoms with Crippen LogP contribution in [0.25, 0.3) is 0 Å². The Morgan fingerprint density at radius 1 is 1.22 bits per heavy atom. The van der Waals surface area contributed by atoms with E-state index in [1.807, 2.05) is 39.1 Å². The smallest absolute Gasteiger partial charge is 0.410 e. The van der Waals surface area contributed by atoms with Crippen LogP contribution in [-0.4, -0.2) is 53.8 Å². The van der Waals surface area contributed by atoms with E-state index >= 15 is 0 Å². The van der Waals surface area contributed by atoms with Crippen LogP contribution >= 0.6 is 0 Å². The van der Waals surface area contributed by atoms with Crippen molar-refractivity contribution in [3.05, 3.63) is 18.3 Å². The second-order valence-corrected chi connectivity index (χ2v) is 7.16. The Bertz CT molecular complexity index is 514. The zero-order valence-corrected chi connectivity index (χ0v) is 14.8. The highest BCUT2D eigenvalue weighted by atomic mass is 16.6. The number of aromatic nitrogens is 1. The molecule has 1 aliphatic rings. The maximum absolute atomic E-state index is 12.1. The lowest BCUT2D eigenvalue weighted by Gasteiger charge is -2.36. The number of hydrogen-bond acceptors (Lipinski definition) is 5. The van der Waals surface area contributed by atoms with Crippen LogP contribution in [0.15, 0.2) is 18.3 Å². The van der Waals surface area contributed by atoms with E-state index in [4.69, 9.17) is 4.74 Å². The second kappa shape index (κ2) is 7.06. The molecule has 1 aromatic rings. The number of amides is 1. The number of hydrogen-bond donors (Lipinski definition) is 1. The minimum absolute atomic E-state index is 0.235. The zero-order chi connectivity index (χ0) is 17.0. The van der Waals surface area contributed by atoms with Gasteiger partial charge in [-0.1, -0.05) is 0 Å². The molecule has 0 bridgehead atoms. The van der Waals surface area contributed by atoms with E-state index in [-0.39, 0.29) is 6.09 Å². The fourth-order valence-electron chi connectivity index (χ4n) is 2.44. The standard InChI is InChI=1S/C17H28N4O2/c1-13(2)19-14-6-7-15(18-12-14)20-8-10-21(11-9-20)16(22)23-17(3,4)5/h6-7,12-13,19H,8-11H2,1-5H3. The maximum atomic E-state index is 12.1. The molecular formula is C17H28N4O2. The highest BCUT2D eigenvalue weighted by Gasteiger charge is 2.26. The lowest BCUT2D eigenvalue weighted by Crippen LogP contribution is -2.50. The molecule has 23 heavy (non-hydrogen) atoms. The molecule has 1 amide bonds. The minimum Gasteiger partial charge on any atom is -0.444 e. The van der Waals surface area contributed by atoms with Gasteiger partial charge in [0.05, 0.1) is 11.9 Å². The van der Waals surface area contributed by atoms with E-state index in [1.165, 1.54) is 0 Å². The number of nitrogens with one attached hydrogen (secondary N) is 1. The van der Waals surface area contributed by atoms with Gasteiger partial charge >= 0.3 is 6.09 Å². The molecule has 1 N–H and O–H groups in total. The summed E-state index contributed by atoms with van der Waals surface area (Å²) in [6, 6.07) is 4.45. The quantitative estimate of drug-likeness (QED) is 0.928.